The van der Waals surface area contributed by atoms with Gasteiger partial charge in [-0.3, -0.25) is 9.89 Å². The van der Waals surface area contributed by atoms with Crippen LogP contribution in [0.25, 0.3) is 10.9 Å². The first kappa shape index (κ1) is 20.0. The van der Waals surface area contributed by atoms with Crippen molar-refractivity contribution in [2.75, 3.05) is 26.2 Å². The largest absolute Gasteiger partial charge is 0.370 e. The third-order valence-electron chi connectivity index (χ3n) is 4.81. The number of aromatic nitrogens is 1. The molecule has 0 bridgehead atoms. The number of nitrogens with zero attached hydrogens (tertiary/aromatic N) is 2. The summed E-state index contributed by atoms with van der Waals surface area (Å²) in [5, 5.41) is 4.09. The Kier molecular flexibility index (Phi) is 7.49. The third kappa shape index (κ3) is 5.07. The van der Waals surface area contributed by atoms with Crippen molar-refractivity contribution in [2.45, 2.75) is 32.2 Å². The number of halogens is 2. The maximum absolute atomic E-state index is 13.4. The second kappa shape index (κ2) is 9.38. The van der Waals surface area contributed by atoms with Gasteiger partial charge in [0.25, 0.3) is 0 Å². The Labute approximate surface area is 165 Å². The number of likely N-dealkylation sites (N-methyl/N-ethyl adjacent to an activating group) is 1. The number of nitrogens with two attached hydrogens (primary N) is 1. The van der Waals surface area contributed by atoms with Crippen molar-refractivity contribution < 1.29 is 4.39 Å². The highest BCUT2D eigenvalue weighted by Gasteiger charge is 2.22. The van der Waals surface area contributed by atoms with E-state index in [1.165, 1.54) is 25.5 Å². The monoisotopic (exact) mass is 459 g/mol. The van der Waals surface area contributed by atoms with E-state index in [1.54, 1.807) is 12.1 Å². The summed E-state index contributed by atoms with van der Waals surface area (Å²) in [6.45, 7) is 5.87. The van der Waals surface area contributed by atoms with E-state index in [-0.39, 0.29) is 29.8 Å². The lowest BCUT2D eigenvalue weighted by atomic mass is 10.1. The van der Waals surface area contributed by atoms with Gasteiger partial charge in [-0.05, 0) is 56.1 Å². The van der Waals surface area contributed by atoms with Crippen LogP contribution in [-0.4, -0.2) is 48.1 Å². The predicted molar refractivity (Wildman–Crippen MR) is 112 cm³/mol. The number of rotatable bonds is 6. The summed E-state index contributed by atoms with van der Waals surface area (Å²) >= 11 is 0. The first-order valence-corrected chi connectivity index (χ1v) is 8.70. The van der Waals surface area contributed by atoms with Crippen molar-refractivity contribution in [3.05, 3.63) is 35.8 Å². The van der Waals surface area contributed by atoms with Crippen LogP contribution >= 0.6 is 24.0 Å². The SMILES string of the molecule is CCN1CCCC1CN=C(N)NCCc1c[nH]c2ccc(F)cc12.I. The lowest BCUT2D eigenvalue weighted by Gasteiger charge is -2.20. The van der Waals surface area contributed by atoms with E-state index >= 15 is 0 Å². The van der Waals surface area contributed by atoms with Gasteiger partial charge in [0, 0.05) is 29.7 Å². The normalized spacial score (nSPS) is 18.5. The molecule has 1 atom stereocenters. The second-order valence-electron chi connectivity index (χ2n) is 6.33. The van der Waals surface area contributed by atoms with Crippen molar-refractivity contribution in [3.63, 3.8) is 0 Å². The Balaban J connectivity index is 0.00000225. The minimum absolute atomic E-state index is 0. The van der Waals surface area contributed by atoms with Crippen molar-refractivity contribution in [1.82, 2.24) is 15.2 Å². The fourth-order valence-electron chi connectivity index (χ4n) is 3.46. The van der Waals surface area contributed by atoms with Gasteiger partial charge < -0.3 is 16.0 Å². The van der Waals surface area contributed by atoms with Gasteiger partial charge in [0.05, 0.1) is 6.54 Å². The molecule has 1 aromatic heterocycles. The molecule has 1 aliphatic heterocycles. The van der Waals surface area contributed by atoms with Crippen LogP contribution in [0.1, 0.15) is 25.3 Å². The number of nitrogens with one attached hydrogen (secondary N) is 2. The maximum Gasteiger partial charge on any atom is 0.188 e. The molecule has 1 saturated heterocycles. The molecule has 0 saturated carbocycles. The zero-order valence-electron chi connectivity index (χ0n) is 14.6. The molecule has 2 heterocycles. The number of H-pyrrole nitrogens is 1. The molecule has 1 fully saturated rings. The van der Waals surface area contributed by atoms with Crippen LogP contribution in [-0.2, 0) is 6.42 Å². The van der Waals surface area contributed by atoms with Gasteiger partial charge in [-0.2, -0.15) is 0 Å². The van der Waals surface area contributed by atoms with Crippen molar-refractivity contribution in [2.24, 2.45) is 10.7 Å². The highest BCUT2D eigenvalue weighted by molar-refractivity contribution is 14.0. The predicted octanol–water partition coefficient (Wildman–Crippen LogP) is 2.86. The summed E-state index contributed by atoms with van der Waals surface area (Å²) in [6, 6.07) is 5.32. The van der Waals surface area contributed by atoms with E-state index < -0.39 is 0 Å². The topological polar surface area (TPSA) is 69.4 Å². The summed E-state index contributed by atoms with van der Waals surface area (Å²) in [6.07, 6.45) is 5.14. The van der Waals surface area contributed by atoms with Crippen molar-refractivity contribution in [1.29, 1.82) is 0 Å². The minimum Gasteiger partial charge on any atom is -0.370 e. The molecule has 1 unspecified atom stereocenters. The molecule has 1 aromatic carbocycles. The fraction of sp³-hybridized carbons (Fsp3) is 0.500. The smallest absolute Gasteiger partial charge is 0.188 e. The van der Waals surface area contributed by atoms with Gasteiger partial charge in [0.2, 0.25) is 0 Å². The van der Waals surface area contributed by atoms with Crippen LogP contribution in [0.3, 0.4) is 0 Å². The van der Waals surface area contributed by atoms with Gasteiger partial charge in [-0.15, -0.1) is 24.0 Å². The molecule has 0 aliphatic carbocycles. The lowest BCUT2D eigenvalue weighted by Crippen LogP contribution is -2.36. The molecule has 3 rings (SSSR count). The number of hydrogen-bond donors (Lipinski definition) is 3. The fourth-order valence-corrected chi connectivity index (χ4v) is 3.46. The van der Waals surface area contributed by atoms with Crippen LogP contribution in [0.5, 0.6) is 0 Å². The van der Waals surface area contributed by atoms with Gasteiger partial charge in [0.15, 0.2) is 5.96 Å². The van der Waals surface area contributed by atoms with Gasteiger partial charge >= 0.3 is 0 Å². The van der Waals surface area contributed by atoms with E-state index in [0.717, 1.165) is 36.0 Å². The van der Waals surface area contributed by atoms with Crippen LogP contribution < -0.4 is 11.1 Å². The first-order chi connectivity index (χ1) is 11.7. The Morgan fingerprint density at radius 3 is 3.12 bits per heavy atom. The number of guanidine groups is 1. The number of fused-ring (bicyclic) bond motifs is 1. The zero-order chi connectivity index (χ0) is 16.9. The van der Waals surface area contributed by atoms with E-state index in [1.807, 2.05) is 6.20 Å². The summed E-state index contributed by atoms with van der Waals surface area (Å²) in [4.78, 5) is 10.1. The van der Waals surface area contributed by atoms with Gasteiger partial charge in [0.1, 0.15) is 5.82 Å². The van der Waals surface area contributed by atoms with E-state index in [0.29, 0.717) is 18.5 Å². The molecular weight excluding hydrogens is 432 g/mol. The molecule has 25 heavy (non-hydrogen) atoms. The Morgan fingerprint density at radius 2 is 2.32 bits per heavy atom. The summed E-state index contributed by atoms with van der Waals surface area (Å²) < 4.78 is 13.4. The number of likely N-dealkylation sites (tertiary alicyclic amines) is 1. The Bertz CT molecular complexity index is 715. The maximum atomic E-state index is 13.4. The van der Waals surface area contributed by atoms with Crippen LogP contribution in [0, 0.1) is 5.82 Å². The Hall–Kier alpha value is -1.35. The molecular formula is C18H27FIN5. The molecule has 5 nitrogen and oxygen atoms in total. The minimum atomic E-state index is -0.213. The highest BCUT2D eigenvalue weighted by atomic mass is 127. The van der Waals surface area contributed by atoms with Crippen molar-refractivity contribution >= 4 is 40.8 Å². The summed E-state index contributed by atoms with van der Waals surface area (Å²) in [7, 11) is 0. The lowest BCUT2D eigenvalue weighted by molar-refractivity contribution is 0.273. The molecule has 0 amide bonds. The average Bonchev–Trinajstić information content (AvgIpc) is 3.19. The highest BCUT2D eigenvalue weighted by Crippen LogP contribution is 2.19. The second-order valence-corrected chi connectivity index (χ2v) is 6.33. The van der Waals surface area contributed by atoms with E-state index in [4.69, 9.17) is 5.73 Å². The quantitative estimate of drug-likeness (QED) is 0.354. The van der Waals surface area contributed by atoms with Gasteiger partial charge in [-0.1, -0.05) is 6.92 Å². The molecule has 138 valence electrons. The van der Waals surface area contributed by atoms with Crippen LogP contribution in [0.2, 0.25) is 0 Å². The Morgan fingerprint density at radius 1 is 1.48 bits per heavy atom. The number of benzene rings is 1. The molecule has 4 N–H and O–H groups in total. The molecule has 0 radical (unpaired) electrons. The molecule has 7 heteroatoms. The number of aliphatic imine (C=N–C) groups is 1. The van der Waals surface area contributed by atoms with Crippen LogP contribution in [0.4, 0.5) is 4.39 Å². The summed E-state index contributed by atoms with van der Waals surface area (Å²) in [5.41, 5.74) is 8.00. The standard InChI is InChI=1S/C18H26FN5.HI/c1-2-24-9-3-4-15(24)12-23-18(20)21-8-7-13-11-22-17-6-5-14(19)10-16(13)17;/h5-6,10-11,15,22H,2-4,7-9,12H2,1H3,(H3,20,21,23);1H. The molecule has 1 aliphatic rings. The number of aromatic amines is 1. The summed E-state index contributed by atoms with van der Waals surface area (Å²) in [5.74, 6) is 0.276. The van der Waals surface area contributed by atoms with Crippen molar-refractivity contribution in [3.8, 4) is 0 Å². The van der Waals surface area contributed by atoms with Crippen LogP contribution in [0.15, 0.2) is 29.4 Å². The van der Waals surface area contributed by atoms with E-state index in [9.17, 15) is 4.39 Å². The third-order valence-corrected chi connectivity index (χ3v) is 4.81. The average molecular weight is 459 g/mol. The number of hydrogen-bond acceptors (Lipinski definition) is 2. The molecule has 2 aromatic rings. The molecule has 0 spiro atoms. The first-order valence-electron chi connectivity index (χ1n) is 8.70. The van der Waals surface area contributed by atoms with Gasteiger partial charge in [-0.25, -0.2) is 4.39 Å². The van der Waals surface area contributed by atoms with E-state index in [2.05, 4.69) is 27.1 Å². The zero-order valence-corrected chi connectivity index (χ0v) is 16.9.